The van der Waals surface area contributed by atoms with Gasteiger partial charge in [0, 0.05) is 36.1 Å². The number of para-hydroxylation sites is 1. The molecule has 0 unspecified atom stereocenters. The van der Waals surface area contributed by atoms with E-state index in [0.29, 0.717) is 11.4 Å². The number of rotatable bonds is 5. The van der Waals surface area contributed by atoms with Crippen molar-refractivity contribution in [3.8, 4) is 0 Å². The lowest BCUT2D eigenvalue weighted by Gasteiger charge is -2.24. The van der Waals surface area contributed by atoms with Crippen LogP contribution in [0.4, 0.5) is 0 Å². The van der Waals surface area contributed by atoms with Gasteiger partial charge in [-0.25, -0.2) is 12.7 Å². The summed E-state index contributed by atoms with van der Waals surface area (Å²) in [5.74, 6) is 0. The average molecular weight is 369 g/mol. The summed E-state index contributed by atoms with van der Waals surface area (Å²) in [5.41, 5.74) is 4.00. The maximum Gasteiger partial charge on any atom is 0.243 e. The van der Waals surface area contributed by atoms with Crippen molar-refractivity contribution in [3.05, 3.63) is 65.4 Å². The van der Waals surface area contributed by atoms with Crippen LogP contribution in [0.2, 0.25) is 0 Å². The minimum absolute atomic E-state index is 0.0842. The molecule has 3 aromatic rings. The first kappa shape index (κ1) is 17.3. The number of aromatic nitrogens is 1. The molecule has 0 spiro atoms. The average Bonchev–Trinajstić information content (AvgIpc) is 3.25. The van der Waals surface area contributed by atoms with Crippen molar-refractivity contribution in [2.24, 2.45) is 0 Å². The van der Waals surface area contributed by atoms with Crippen LogP contribution in [0.25, 0.3) is 10.9 Å². The zero-order chi connectivity index (χ0) is 18.5. The molecule has 1 fully saturated rings. The molecule has 136 valence electrons. The summed E-state index contributed by atoms with van der Waals surface area (Å²) < 4.78 is 27.9. The first-order valence-corrected chi connectivity index (χ1v) is 10.4. The third-order valence-electron chi connectivity index (χ3n) is 5.57. The SMILES string of the molecule is Cc1ccc(C)c(S(=O)(=O)N(C)CC2(c3c[nH]c4ccccc34)CC2)c1. The Hall–Kier alpha value is -2.11. The van der Waals surface area contributed by atoms with Gasteiger partial charge in [0.2, 0.25) is 10.0 Å². The predicted octanol–water partition coefficient (Wildman–Crippen LogP) is 4.14. The molecule has 0 amide bonds. The van der Waals surface area contributed by atoms with E-state index in [4.69, 9.17) is 0 Å². The van der Waals surface area contributed by atoms with E-state index in [2.05, 4.69) is 23.3 Å². The number of benzene rings is 2. The third kappa shape index (κ3) is 2.75. The minimum Gasteiger partial charge on any atom is -0.361 e. The minimum atomic E-state index is -3.51. The van der Waals surface area contributed by atoms with E-state index in [-0.39, 0.29) is 5.41 Å². The van der Waals surface area contributed by atoms with E-state index in [1.54, 1.807) is 13.1 Å². The molecule has 1 N–H and O–H groups in total. The van der Waals surface area contributed by atoms with E-state index in [0.717, 1.165) is 29.5 Å². The molecule has 0 aliphatic heterocycles. The van der Waals surface area contributed by atoms with Crippen LogP contribution in [0.3, 0.4) is 0 Å². The number of nitrogens with one attached hydrogen (secondary N) is 1. The van der Waals surface area contributed by atoms with Gasteiger partial charge < -0.3 is 4.98 Å². The highest BCUT2D eigenvalue weighted by molar-refractivity contribution is 7.89. The predicted molar refractivity (Wildman–Crippen MR) is 105 cm³/mol. The summed E-state index contributed by atoms with van der Waals surface area (Å²) in [4.78, 5) is 3.74. The molecule has 4 nitrogen and oxygen atoms in total. The van der Waals surface area contributed by atoms with Crippen LogP contribution in [0, 0.1) is 13.8 Å². The van der Waals surface area contributed by atoms with Crippen molar-refractivity contribution in [2.75, 3.05) is 13.6 Å². The molecule has 4 rings (SSSR count). The molecule has 2 aromatic carbocycles. The summed E-state index contributed by atoms with van der Waals surface area (Å²) in [7, 11) is -1.81. The Labute approximate surface area is 154 Å². The van der Waals surface area contributed by atoms with E-state index in [1.165, 1.54) is 15.3 Å². The van der Waals surface area contributed by atoms with Gasteiger partial charge >= 0.3 is 0 Å². The molecule has 26 heavy (non-hydrogen) atoms. The zero-order valence-corrected chi connectivity index (χ0v) is 16.2. The van der Waals surface area contributed by atoms with Crippen molar-refractivity contribution < 1.29 is 8.42 Å². The number of nitrogens with zero attached hydrogens (tertiary/aromatic N) is 1. The Balaban J connectivity index is 1.67. The molecule has 5 heteroatoms. The molecule has 1 saturated carbocycles. The van der Waals surface area contributed by atoms with Crippen molar-refractivity contribution in [1.29, 1.82) is 0 Å². The lowest BCUT2D eigenvalue weighted by molar-refractivity contribution is 0.427. The van der Waals surface area contributed by atoms with Crippen LogP contribution >= 0.6 is 0 Å². The molecule has 0 radical (unpaired) electrons. The number of aryl methyl sites for hydroxylation is 2. The van der Waals surface area contributed by atoms with E-state index < -0.39 is 10.0 Å². The second-order valence-electron chi connectivity index (χ2n) is 7.56. The topological polar surface area (TPSA) is 53.2 Å². The Bertz CT molecular complexity index is 1080. The Morgan fingerprint density at radius 1 is 1.12 bits per heavy atom. The number of sulfonamides is 1. The fourth-order valence-electron chi connectivity index (χ4n) is 3.84. The van der Waals surface area contributed by atoms with E-state index in [1.807, 2.05) is 38.1 Å². The third-order valence-corrected chi connectivity index (χ3v) is 7.52. The van der Waals surface area contributed by atoms with Crippen molar-refractivity contribution in [3.63, 3.8) is 0 Å². The molecule has 1 heterocycles. The number of fused-ring (bicyclic) bond motifs is 1. The molecular formula is C21H24N2O2S. The number of aromatic amines is 1. The van der Waals surface area contributed by atoms with Crippen LogP contribution in [0.15, 0.2) is 53.6 Å². The van der Waals surface area contributed by atoms with E-state index in [9.17, 15) is 8.42 Å². The normalized spacial score (nSPS) is 16.3. The Morgan fingerprint density at radius 3 is 2.58 bits per heavy atom. The summed E-state index contributed by atoms with van der Waals surface area (Å²) in [6.07, 6.45) is 4.08. The molecular weight excluding hydrogens is 344 g/mol. The second-order valence-corrected chi connectivity index (χ2v) is 9.57. The summed E-state index contributed by atoms with van der Waals surface area (Å²) >= 11 is 0. The van der Waals surface area contributed by atoms with Gasteiger partial charge in [-0.05, 0) is 55.5 Å². The molecule has 1 aromatic heterocycles. The largest absolute Gasteiger partial charge is 0.361 e. The van der Waals surface area contributed by atoms with E-state index >= 15 is 0 Å². The fraction of sp³-hybridized carbons (Fsp3) is 0.333. The monoisotopic (exact) mass is 368 g/mol. The first-order chi connectivity index (χ1) is 12.3. The second kappa shape index (κ2) is 5.96. The fourth-order valence-corrected chi connectivity index (χ4v) is 5.40. The molecule has 0 saturated heterocycles. The van der Waals surface area contributed by atoms with Crippen LogP contribution in [0.1, 0.15) is 29.5 Å². The van der Waals surface area contributed by atoms with Crippen LogP contribution in [0.5, 0.6) is 0 Å². The smallest absolute Gasteiger partial charge is 0.243 e. The van der Waals surface area contributed by atoms with Crippen LogP contribution < -0.4 is 0 Å². The first-order valence-electron chi connectivity index (χ1n) is 8.94. The standard InChI is InChI=1S/C21H24N2O2S/c1-15-8-9-16(2)20(12-15)26(24,25)23(3)14-21(10-11-21)18-13-22-19-7-5-4-6-17(18)19/h4-9,12-13,22H,10-11,14H2,1-3H3. The number of H-pyrrole nitrogens is 1. The Morgan fingerprint density at radius 2 is 1.85 bits per heavy atom. The molecule has 1 aliphatic carbocycles. The zero-order valence-electron chi connectivity index (χ0n) is 15.4. The number of hydrogen-bond acceptors (Lipinski definition) is 2. The maximum absolute atomic E-state index is 13.2. The van der Waals surface area contributed by atoms with Crippen molar-refractivity contribution in [1.82, 2.24) is 9.29 Å². The summed E-state index contributed by atoms with van der Waals surface area (Å²) in [5, 5.41) is 1.20. The summed E-state index contributed by atoms with van der Waals surface area (Å²) in [6, 6.07) is 13.8. The number of likely N-dealkylation sites (N-methyl/N-ethyl adjacent to an activating group) is 1. The van der Waals surface area contributed by atoms with Crippen molar-refractivity contribution >= 4 is 20.9 Å². The quantitative estimate of drug-likeness (QED) is 0.736. The highest BCUT2D eigenvalue weighted by Gasteiger charge is 2.48. The van der Waals surface area contributed by atoms with Gasteiger partial charge in [0.25, 0.3) is 0 Å². The lowest BCUT2D eigenvalue weighted by atomic mass is 9.95. The summed E-state index contributed by atoms with van der Waals surface area (Å²) in [6.45, 7) is 4.28. The molecule has 0 atom stereocenters. The van der Waals surface area contributed by atoms with Gasteiger partial charge in [0.15, 0.2) is 0 Å². The Kier molecular flexibility index (Phi) is 3.97. The highest BCUT2D eigenvalue weighted by Crippen LogP contribution is 2.51. The maximum atomic E-state index is 13.2. The molecule has 0 bridgehead atoms. The van der Waals surface area contributed by atoms with Crippen LogP contribution in [-0.2, 0) is 15.4 Å². The number of hydrogen-bond donors (Lipinski definition) is 1. The highest BCUT2D eigenvalue weighted by atomic mass is 32.2. The van der Waals surface area contributed by atoms with Gasteiger partial charge in [0.1, 0.15) is 0 Å². The van der Waals surface area contributed by atoms with Gasteiger partial charge in [-0.15, -0.1) is 0 Å². The van der Waals surface area contributed by atoms with Crippen LogP contribution in [-0.4, -0.2) is 31.3 Å². The van der Waals surface area contributed by atoms with Gasteiger partial charge in [-0.3, -0.25) is 0 Å². The molecule has 1 aliphatic rings. The van der Waals surface area contributed by atoms with Crippen molar-refractivity contribution in [2.45, 2.75) is 37.0 Å². The lowest BCUT2D eigenvalue weighted by Crippen LogP contribution is -2.34. The van der Waals surface area contributed by atoms with Gasteiger partial charge in [0.05, 0.1) is 4.90 Å². The van der Waals surface area contributed by atoms with Gasteiger partial charge in [-0.1, -0.05) is 30.3 Å². The van der Waals surface area contributed by atoms with Gasteiger partial charge in [-0.2, -0.15) is 0 Å².